The molecule has 2 rings (SSSR count). The number of H-pyrrole nitrogens is 1. The van der Waals surface area contributed by atoms with Crippen LogP contribution in [0, 0.1) is 12.3 Å². The summed E-state index contributed by atoms with van der Waals surface area (Å²) in [6, 6.07) is 0. The number of hydrogen-bond acceptors (Lipinski definition) is 5. The Hall–Kier alpha value is -2.33. The van der Waals surface area contributed by atoms with E-state index >= 15 is 0 Å². The molecule has 92 valence electrons. The summed E-state index contributed by atoms with van der Waals surface area (Å²) in [5, 5.41) is 13.3. The fourth-order valence-corrected chi connectivity index (χ4v) is 1.51. The van der Waals surface area contributed by atoms with E-state index in [2.05, 4.69) is 31.5 Å². The molecule has 0 saturated carbocycles. The molecule has 0 amide bonds. The van der Waals surface area contributed by atoms with E-state index in [1.165, 1.54) is 12.5 Å². The van der Waals surface area contributed by atoms with Crippen LogP contribution in [0.1, 0.15) is 5.82 Å². The molecule has 0 radical (unpaired) electrons. The second kappa shape index (κ2) is 5.33. The van der Waals surface area contributed by atoms with Crippen molar-refractivity contribution in [1.82, 2.24) is 25.0 Å². The van der Waals surface area contributed by atoms with Gasteiger partial charge < -0.3 is 5.32 Å². The van der Waals surface area contributed by atoms with E-state index in [-0.39, 0.29) is 22.8 Å². The molecule has 0 aromatic carbocycles. The van der Waals surface area contributed by atoms with Gasteiger partial charge in [-0.25, -0.2) is 9.67 Å². The van der Waals surface area contributed by atoms with Crippen LogP contribution in [0.2, 0.25) is 5.02 Å². The van der Waals surface area contributed by atoms with E-state index in [0.29, 0.717) is 12.4 Å². The highest BCUT2D eigenvalue weighted by Crippen LogP contribution is 2.15. The first-order valence-corrected chi connectivity index (χ1v) is 5.37. The van der Waals surface area contributed by atoms with Gasteiger partial charge in [0.2, 0.25) is 0 Å². The van der Waals surface area contributed by atoms with Gasteiger partial charge in [-0.2, -0.15) is 10.2 Å². The van der Waals surface area contributed by atoms with Crippen molar-refractivity contribution < 1.29 is 0 Å². The van der Waals surface area contributed by atoms with E-state index in [1.807, 2.05) is 0 Å². The molecular weight excluding hydrogens is 256 g/mol. The molecule has 0 saturated heterocycles. The molecule has 0 aliphatic rings. The Kier molecular flexibility index (Phi) is 3.60. The monoisotopic (exact) mass is 264 g/mol. The Labute approximate surface area is 107 Å². The quantitative estimate of drug-likeness (QED) is 0.774. The minimum absolute atomic E-state index is 0.0903. The molecule has 0 atom stereocenters. The summed E-state index contributed by atoms with van der Waals surface area (Å²) in [5.74, 6) is 2.93. The number of aromatic amines is 1. The number of rotatable bonds is 4. The van der Waals surface area contributed by atoms with Crippen LogP contribution in [-0.2, 0) is 13.1 Å². The van der Waals surface area contributed by atoms with Crippen LogP contribution in [0.5, 0.6) is 0 Å². The fraction of sp³-hybridized carbons (Fsp3) is 0.200. The van der Waals surface area contributed by atoms with Gasteiger partial charge in [0.15, 0.2) is 0 Å². The van der Waals surface area contributed by atoms with E-state index in [9.17, 15) is 4.79 Å². The number of hydrogen-bond donors (Lipinski definition) is 2. The number of anilines is 1. The molecule has 2 aromatic heterocycles. The van der Waals surface area contributed by atoms with Crippen LogP contribution in [-0.4, -0.2) is 25.0 Å². The lowest BCUT2D eigenvalue weighted by molar-refractivity contribution is 0.664. The minimum atomic E-state index is -0.375. The highest BCUT2D eigenvalue weighted by molar-refractivity contribution is 6.32. The van der Waals surface area contributed by atoms with Crippen LogP contribution in [0.4, 0.5) is 5.69 Å². The number of aromatic nitrogens is 5. The van der Waals surface area contributed by atoms with Crippen molar-refractivity contribution >= 4 is 17.3 Å². The van der Waals surface area contributed by atoms with Gasteiger partial charge >= 0.3 is 0 Å². The summed E-state index contributed by atoms with van der Waals surface area (Å²) in [5.41, 5.74) is -0.140. The summed E-state index contributed by atoms with van der Waals surface area (Å²) in [7, 11) is 0. The third-order valence-electron chi connectivity index (χ3n) is 2.14. The zero-order valence-electron chi connectivity index (χ0n) is 9.22. The molecule has 0 bridgehead atoms. The van der Waals surface area contributed by atoms with E-state index in [4.69, 9.17) is 18.0 Å². The van der Waals surface area contributed by atoms with Gasteiger partial charge in [0, 0.05) is 0 Å². The van der Waals surface area contributed by atoms with Gasteiger partial charge in [-0.05, 0) is 0 Å². The number of terminal acetylenes is 1. The molecule has 8 heteroatoms. The van der Waals surface area contributed by atoms with Crippen molar-refractivity contribution in [2.75, 3.05) is 5.32 Å². The maximum atomic E-state index is 12.0. The van der Waals surface area contributed by atoms with Crippen LogP contribution < -0.4 is 10.9 Å². The molecule has 7 nitrogen and oxygen atoms in total. The lowest BCUT2D eigenvalue weighted by Gasteiger charge is -2.07. The Morgan fingerprint density at radius 2 is 2.44 bits per heavy atom. The topological polar surface area (TPSA) is 88.5 Å². The Morgan fingerprint density at radius 3 is 3.11 bits per heavy atom. The number of halogens is 1. The van der Waals surface area contributed by atoms with Gasteiger partial charge in [0.25, 0.3) is 5.56 Å². The smallest absolute Gasteiger partial charge is 0.292 e. The summed E-state index contributed by atoms with van der Waals surface area (Å²) in [6.45, 7) is 0.391. The predicted molar refractivity (Wildman–Crippen MR) is 66.0 cm³/mol. The fourth-order valence-electron chi connectivity index (χ4n) is 1.32. The molecule has 0 spiro atoms. The first-order valence-electron chi connectivity index (χ1n) is 4.99. The molecule has 0 aliphatic carbocycles. The van der Waals surface area contributed by atoms with Crippen molar-refractivity contribution in [3.05, 3.63) is 33.7 Å². The molecule has 2 aromatic rings. The molecule has 18 heavy (non-hydrogen) atoms. The first-order chi connectivity index (χ1) is 8.72. The van der Waals surface area contributed by atoms with Gasteiger partial charge in [0.05, 0.1) is 17.8 Å². The second-order valence-electron chi connectivity index (χ2n) is 3.32. The van der Waals surface area contributed by atoms with E-state index in [1.54, 1.807) is 0 Å². The van der Waals surface area contributed by atoms with Crippen LogP contribution in [0.3, 0.4) is 0 Å². The third kappa shape index (κ3) is 2.49. The summed E-state index contributed by atoms with van der Waals surface area (Å²) >= 11 is 5.91. The third-order valence-corrected chi connectivity index (χ3v) is 2.42. The van der Waals surface area contributed by atoms with Gasteiger partial charge in [-0.15, -0.1) is 6.42 Å². The van der Waals surface area contributed by atoms with Crippen molar-refractivity contribution in [2.24, 2.45) is 0 Å². The first kappa shape index (κ1) is 12.1. The SMILES string of the molecule is C#CCn1ncc(Cl)c(NCc2ncn[nH]2)c1=O. The summed E-state index contributed by atoms with van der Waals surface area (Å²) < 4.78 is 1.15. The average Bonchev–Trinajstić information content (AvgIpc) is 2.86. The lowest BCUT2D eigenvalue weighted by atomic mass is 10.4. The zero-order chi connectivity index (χ0) is 13.0. The van der Waals surface area contributed by atoms with Crippen molar-refractivity contribution in [1.29, 1.82) is 0 Å². The molecular formula is C10H9ClN6O. The van der Waals surface area contributed by atoms with Crippen molar-refractivity contribution in [2.45, 2.75) is 13.1 Å². The Bertz CT molecular complexity index is 627. The highest BCUT2D eigenvalue weighted by atomic mass is 35.5. The summed E-state index contributed by atoms with van der Waals surface area (Å²) in [4.78, 5) is 15.9. The second-order valence-corrected chi connectivity index (χ2v) is 3.73. The zero-order valence-corrected chi connectivity index (χ0v) is 9.98. The number of nitrogens with zero attached hydrogens (tertiary/aromatic N) is 4. The van der Waals surface area contributed by atoms with E-state index < -0.39 is 0 Å². The normalized spacial score (nSPS) is 10.0. The van der Waals surface area contributed by atoms with Crippen molar-refractivity contribution in [3.8, 4) is 12.3 Å². The van der Waals surface area contributed by atoms with Gasteiger partial charge in [0.1, 0.15) is 24.4 Å². The van der Waals surface area contributed by atoms with Gasteiger partial charge in [-0.1, -0.05) is 17.5 Å². The standard InChI is InChI=1S/C10H9ClN6O/c1-2-3-17-10(18)9(7(11)4-15-17)12-5-8-13-6-14-16-8/h1,4,6,12H,3,5H2,(H,13,14,16). The maximum Gasteiger partial charge on any atom is 0.292 e. The van der Waals surface area contributed by atoms with Crippen molar-refractivity contribution in [3.63, 3.8) is 0 Å². The highest BCUT2D eigenvalue weighted by Gasteiger charge is 2.09. The van der Waals surface area contributed by atoms with Crippen LogP contribution in [0.25, 0.3) is 0 Å². The molecule has 2 N–H and O–H groups in total. The lowest BCUT2D eigenvalue weighted by Crippen LogP contribution is -2.25. The largest absolute Gasteiger partial charge is 0.372 e. The Balaban J connectivity index is 2.24. The van der Waals surface area contributed by atoms with E-state index in [0.717, 1.165) is 4.68 Å². The maximum absolute atomic E-state index is 12.0. The molecule has 2 heterocycles. The molecule has 0 fully saturated rings. The Morgan fingerprint density at radius 1 is 1.61 bits per heavy atom. The average molecular weight is 265 g/mol. The predicted octanol–water partition coefficient (Wildman–Crippen LogP) is 0.260. The van der Waals surface area contributed by atoms with Crippen LogP contribution >= 0.6 is 11.6 Å². The van der Waals surface area contributed by atoms with Gasteiger partial charge in [-0.3, -0.25) is 9.89 Å². The van der Waals surface area contributed by atoms with Crippen LogP contribution in [0.15, 0.2) is 17.3 Å². The molecule has 0 unspecified atom stereocenters. The number of nitrogens with one attached hydrogen (secondary N) is 2. The molecule has 0 aliphatic heterocycles. The summed E-state index contributed by atoms with van der Waals surface area (Å²) in [6.07, 6.45) is 7.88. The minimum Gasteiger partial charge on any atom is -0.372 e.